The number of ether oxygens (including phenoxy) is 1. The van der Waals surface area contributed by atoms with Crippen LogP contribution in [0.2, 0.25) is 0 Å². The van der Waals surface area contributed by atoms with Crippen molar-refractivity contribution in [3.05, 3.63) is 29.3 Å². The first-order chi connectivity index (χ1) is 8.29. The number of H-pyrrole nitrogens is 1. The number of rotatable bonds is 1. The zero-order valence-electron chi connectivity index (χ0n) is 11.1. The van der Waals surface area contributed by atoms with Crippen molar-refractivity contribution >= 4 is 22.7 Å². The number of anilines is 1. The van der Waals surface area contributed by atoms with E-state index >= 15 is 0 Å². The lowest BCUT2D eigenvalue weighted by atomic mass is 10.1. The van der Waals surface area contributed by atoms with Crippen LogP contribution in [-0.4, -0.2) is 16.6 Å². The first-order valence-electron chi connectivity index (χ1n) is 5.90. The second-order valence-corrected chi connectivity index (χ2v) is 5.41. The number of carbonyl (C=O) groups excluding carboxylic acids is 1. The molecule has 3 N–H and O–H groups in total. The van der Waals surface area contributed by atoms with E-state index in [0.717, 1.165) is 16.5 Å². The van der Waals surface area contributed by atoms with Crippen LogP contribution in [-0.2, 0) is 4.74 Å². The molecule has 4 nitrogen and oxygen atoms in total. The van der Waals surface area contributed by atoms with E-state index in [1.807, 2.05) is 45.9 Å². The predicted molar refractivity (Wildman–Crippen MR) is 72.6 cm³/mol. The summed E-state index contributed by atoms with van der Waals surface area (Å²) in [5, 5.41) is 0.837. The van der Waals surface area contributed by atoms with Gasteiger partial charge in [0, 0.05) is 10.9 Å². The van der Waals surface area contributed by atoms with Gasteiger partial charge in [-0.15, -0.1) is 0 Å². The highest BCUT2D eigenvalue weighted by atomic mass is 16.6. The smallest absolute Gasteiger partial charge is 0.343 e. The molecule has 2 aromatic rings. The molecule has 0 unspecified atom stereocenters. The summed E-state index contributed by atoms with van der Waals surface area (Å²) in [5.74, 6) is -0.0332. The van der Waals surface area contributed by atoms with Crippen LogP contribution in [0.15, 0.2) is 18.2 Å². The van der Waals surface area contributed by atoms with Gasteiger partial charge >= 0.3 is 5.97 Å². The molecule has 0 atom stereocenters. The fourth-order valence-corrected chi connectivity index (χ4v) is 1.99. The summed E-state index contributed by atoms with van der Waals surface area (Å²) in [6.07, 6.45) is 0. The van der Waals surface area contributed by atoms with Crippen LogP contribution in [0.1, 0.15) is 36.7 Å². The Morgan fingerprint density at radius 1 is 1.33 bits per heavy atom. The summed E-state index contributed by atoms with van der Waals surface area (Å²) < 4.78 is 5.39. The molecule has 0 saturated heterocycles. The van der Waals surface area contributed by atoms with Gasteiger partial charge in [-0.1, -0.05) is 12.1 Å². The van der Waals surface area contributed by atoms with Crippen molar-refractivity contribution in [3.63, 3.8) is 0 Å². The lowest BCUT2D eigenvalue weighted by Crippen LogP contribution is -2.24. The molecular formula is C14H18N2O2. The fraction of sp³-hybridized carbons (Fsp3) is 0.357. The van der Waals surface area contributed by atoms with Crippen molar-refractivity contribution in [2.45, 2.75) is 33.3 Å². The molecule has 96 valence electrons. The molecule has 0 radical (unpaired) electrons. The molecule has 1 heterocycles. The number of nitrogens with one attached hydrogen (secondary N) is 1. The summed E-state index contributed by atoms with van der Waals surface area (Å²) in [6.45, 7) is 7.46. The Morgan fingerprint density at radius 3 is 2.61 bits per heavy atom. The Balaban J connectivity index is 2.57. The van der Waals surface area contributed by atoms with Gasteiger partial charge in [0.05, 0.1) is 0 Å². The second kappa shape index (κ2) is 4.05. The van der Waals surface area contributed by atoms with Crippen LogP contribution in [0, 0.1) is 6.92 Å². The quantitative estimate of drug-likeness (QED) is 0.760. The van der Waals surface area contributed by atoms with E-state index < -0.39 is 5.60 Å². The number of aromatic nitrogens is 1. The van der Waals surface area contributed by atoms with Gasteiger partial charge < -0.3 is 15.5 Å². The van der Waals surface area contributed by atoms with E-state index in [1.165, 1.54) is 0 Å². The van der Waals surface area contributed by atoms with Gasteiger partial charge in [-0.25, -0.2) is 4.79 Å². The van der Waals surface area contributed by atoms with Crippen molar-refractivity contribution in [1.29, 1.82) is 0 Å². The molecule has 0 aliphatic heterocycles. The minimum Gasteiger partial charge on any atom is -0.456 e. The van der Waals surface area contributed by atoms with Crippen molar-refractivity contribution in [3.8, 4) is 0 Å². The van der Waals surface area contributed by atoms with Gasteiger partial charge in [0.15, 0.2) is 0 Å². The van der Waals surface area contributed by atoms with Crippen LogP contribution >= 0.6 is 0 Å². The minimum atomic E-state index is -0.532. The first-order valence-corrected chi connectivity index (χ1v) is 5.90. The number of nitrogen functional groups attached to an aromatic ring is 1. The monoisotopic (exact) mass is 246 g/mol. The van der Waals surface area contributed by atoms with Crippen molar-refractivity contribution in [2.75, 3.05) is 5.73 Å². The number of nitrogens with two attached hydrogens (primary N) is 1. The zero-order valence-corrected chi connectivity index (χ0v) is 11.1. The van der Waals surface area contributed by atoms with Crippen LogP contribution < -0.4 is 5.73 Å². The lowest BCUT2D eigenvalue weighted by molar-refractivity contribution is 0.00731. The van der Waals surface area contributed by atoms with Crippen LogP contribution in [0.4, 0.5) is 5.82 Å². The second-order valence-electron chi connectivity index (χ2n) is 5.41. The number of carbonyl (C=O) groups is 1. The summed E-state index contributed by atoms with van der Waals surface area (Å²) >= 11 is 0. The van der Waals surface area contributed by atoms with E-state index in [1.54, 1.807) is 0 Å². The Hall–Kier alpha value is -1.97. The number of benzene rings is 1. The maximum atomic E-state index is 12.2. The van der Waals surface area contributed by atoms with Gasteiger partial charge in [-0.2, -0.15) is 0 Å². The van der Waals surface area contributed by atoms with E-state index in [0.29, 0.717) is 11.4 Å². The first kappa shape index (κ1) is 12.5. The molecule has 0 saturated carbocycles. The molecule has 0 amide bonds. The third-order valence-electron chi connectivity index (χ3n) is 2.66. The molecule has 18 heavy (non-hydrogen) atoms. The SMILES string of the molecule is Cc1cccc2[nH]c(N)c(C(=O)OC(C)(C)C)c12. The lowest BCUT2D eigenvalue weighted by Gasteiger charge is -2.19. The number of hydrogen-bond donors (Lipinski definition) is 2. The molecular weight excluding hydrogens is 228 g/mol. The number of hydrogen-bond acceptors (Lipinski definition) is 3. The fourth-order valence-electron chi connectivity index (χ4n) is 1.99. The van der Waals surface area contributed by atoms with Gasteiger partial charge in [-0.3, -0.25) is 0 Å². The largest absolute Gasteiger partial charge is 0.456 e. The van der Waals surface area contributed by atoms with Gasteiger partial charge in [0.2, 0.25) is 0 Å². The van der Waals surface area contributed by atoms with Crippen LogP contribution in [0.5, 0.6) is 0 Å². The van der Waals surface area contributed by atoms with E-state index in [4.69, 9.17) is 10.5 Å². The third kappa shape index (κ3) is 2.18. The average Bonchev–Trinajstić information content (AvgIpc) is 2.53. The molecule has 2 rings (SSSR count). The van der Waals surface area contributed by atoms with E-state index in [9.17, 15) is 4.79 Å². The van der Waals surface area contributed by atoms with Gasteiger partial charge in [0.25, 0.3) is 0 Å². The standard InChI is InChI=1S/C14H18N2O2/c1-8-6-5-7-9-10(8)11(12(15)16-9)13(17)18-14(2,3)4/h5-7,16H,15H2,1-4H3. The maximum Gasteiger partial charge on any atom is 0.343 e. The van der Waals surface area contributed by atoms with Crippen LogP contribution in [0.25, 0.3) is 10.9 Å². The summed E-state index contributed by atoms with van der Waals surface area (Å²) in [6, 6.07) is 5.77. The van der Waals surface area contributed by atoms with Crippen LogP contribution in [0.3, 0.4) is 0 Å². The maximum absolute atomic E-state index is 12.2. The Labute approximate surface area is 106 Å². The number of esters is 1. The Morgan fingerprint density at radius 2 is 2.00 bits per heavy atom. The van der Waals surface area contributed by atoms with E-state index in [2.05, 4.69) is 4.98 Å². The summed E-state index contributed by atoms with van der Waals surface area (Å²) in [4.78, 5) is 15.2. The molecule has 0 aliphatic carbocycles. The topological polar surface area (TPSA) is 68.1 Å². The molecule has 0 fully saturated rings. The molecule has 0 bridgehead atoms. The predicted octanol–water partition coefficient (Wildman–Crippen LogP) is 3.01. The molecule has 1 aromatic carbocycles. The van der Waals surface area contributed by atoms with Gasteiger partial charge in [-0.05, 0) is 39.3 Å². The summed E-state index contributed by atoms with van der Waals surface area (Å²) in [7, 11) is 0. The normalized spacial score (nSPS) is 11.8. The highest BCUT2D eigenvalue weighted by Crippen LogP contribution is 2.29. The molecule has 4 heteroatoms. The average molecular weight is 246 g/mol. The molecule has 0 aliphatic rings. The zero-order chi connectivity index (χ0) is 13.5. The Kier molecular flexibility index (Phi) is 2.81. The van der Waals surface area contributed by atoms with E-state index in [-0.39, 0.29) is 5.97 Å². The Bertz CT molecular complexity index is 606. The van der Waals surface area contributed by atoms with Crippen molar-refractivity contribution in [2.24, 2.45) is 0 Å². The molecule has 1 aromatic heterocycles. The highest BCUT2D eigenvalue weighted by molar-refractivity contribution is 6.10. The summed E-state index contributed by atoms with van der Waals surface area (Å²) in [5.41, 5.74) is 7.64. The molecule has 0 spiro atoms. The van der Waals surface area contributed by atoms with Crippen molar-refractivity contribution < 1.29 is 9.53 Å². The minimum absolute atomic E-state index is 0.355. The van der Waals surface area contributed by atoms with Gasteiger partial charge in [0.1, 0.15) is 17.0 Å². The number of aromatic amines is 1. The highest BCUT2D eigenvalue weighted by Gasteiger charge is 2.24. The number of aryl methyl sites for hydroxylation is 1. The number of fused-ring (bicyclic) bond motifs is 1. The van der Waals surface area contributed by atoms with Crippen molar-refractivity contribution in [1.82, 2.24) is 4.98 Å². The third-order valence-corrected chi connectivity index (χ3v) is 2.66.